The maximum absolute atomic E-state index is 6.08. The van der Waals surface area contributed by atoms with Gasteiger partial charge in [-0.2, -0.15) is 0 Å². The van der Waals surface area contributed by atoms with Crippen molar-refractivity contribution in [2.24, 2.45) is 5.92 Å². The van der Waals surface area contributed by atoms with Gasteiger partial charge < -0.3 is 10.1 Å². The molecule has 2 atom stereocenters. The number of rotatable bonds is 0. The van der Waals surface area contributed by atoms with Crippen LogP contribution >= 0.6 is 0 Å². The van der Waals surface area contributed by atoms with Crippen molar-refractivity contribution in [3.05, 3.63) is 71.8 Å². The van der Waals surface area contributed by atoms with Crippen LogP contribution in [-0.4, -0.2) is 6.61 Å². The maximum atomic E-state index is 6.08. The molecule has 2 heterocycles. The number of hydrogen-bond donors (Lipinski definition) is 1. The highest BCUT2D eigenvalue weighted by atomic mass is 16.5. The Bertz CT molecular complexity index is 870. The largest absolute Gasteiger partial charge is 0.493 e. The number of benzene rings is 3. The van der Waals surface area contributed by atoms with E-state index in [0.717, 1.165) is 18.8 Å². The van der Waals surface area contributed by atoms with Crippen molar-refractivity contribution in [3.8, 4) is 5.75 Å². The fraction of sp³-hybridized carbons (Fsp3) is 0.200. The van der Waals surface area contributed by atoms with Gasteiger partial charge >= 0.3 is 0 Å². The van der Waals surface area contributed by atoms with Crippen LogP contribution in [0.1, 0.15) is 17.2 Å². The second kappa shape index (κ2) is 4.51. The predicted octanol–water partition coefficient (Wildman–Crippen LogP) is 4.56. The number of para-hydroxylation sites is 1. The number of ether oxygens (including phenoxy) is 1. The summed E-state index contributed by atoms with van der Waals surface area (Å²) in [6, 6.07) is 21.8. The van der Waals surface area contributed by atoms with Gasteiger partial charge in [0.25, 0.3) is 0 Å². The van der Waals surface area contributed by atoms with Crippen LogP contribution in [0.5, 0.6) is 5.75 Å². The summed E-state index contributed by atoms with van der Waals surface area (Å²) in [6.45, 7) is 0.789. The SMILES string of the molecule is c1ccc2c(c1)CC1COc3ccc4ccccc4c3C1N2. The van der Waals surface area contributed by atoms with Crippen LogP contribution in [0.2, 0.25) is 0 Å². The second-order valence-electron chi connectivity index (χ2n) is 6.25. The number of nitrogens with one attached hydrogen (secondary N) is 1. The molecule has 3 aromatic rings. The van der Waals surface area contributed by atoms with E-state index in [-0.39, 0.29) is 0 Å². The highest BCUT2D eigenvalue weighted by Gasteiger charge is 2.35. The van der Waals surface area contributed by atoms with E-state index in [2.05, 4.69) is 66.0 Å². The Balaban J connectivity index is 1.71. The average molecular weight is 287 g/mol. The zero-order valence-electron chi connectivity index (χ0n) is 12.3. The van der Waals surface area contributed by atoms with Crippen LogP contribution in [0.15, 0.2) is 60.7 Å². The third-order valence-electron chi connectivity index (χ3n) is 4.98. The Kier molecular flexibility index (Phi) is 2.48. The molecule has 0 amide bonds. The van der Waals surface area contributed by atoms with Gasteiger partial charge in [0.1, 0.15) is 5.75 Å². The molecular weight excluding hydrogens is 270 g/mol. The molecule has 22 heavy (non-hydrogen) atoms. The Hall–Kier alpha value is -2.48. The van der Waals surface area contributed by atoms with Crippen LogP contribution in [0.3, 0.4) is 0 Å². The minimum absolute atomic E-state index is 0.338. The van der Waals surface area contributed by atoms with Gasteiger partial charge in [-0.05, 0) is 34.9 Å². The van der Waals surface area contributed by atoms with Gasteiger partial charge in [-0.3, -0.25) is 0 Å². The van der Waals surface area contributed by atoms with Crippen LogP contribution in [0.25, 0.3) is 10.8 Å². The molecule has 0 saturated carbocycles. The van der Waals surface area contributed by atoms with Gasteiger partial charge in [0.2, 0.25) is 0 Å². The molecule has 5 rings (SSSR count). The molecule has 108 valence electrons. The van der Waals surface area contributed by atoms with Gasteiger partial charge in [0.15, 0.2) is 0 Å². The maximum Gasteiger partial charge on any atom is 0.125 e. The fourth-order valence-electron chi connectivity index (χ4n) is 3.91. The van der Waals surface area contributed by atoms with E-state index in [1.807, 2.05) is 0 Å². The number of fused-ring (bicyclic) bond motifs is 6. The lowest BCUT2D eigenvalue weighted by atomic mass is 9.80. The summed E-state index contributed by atoms with van der Waals surface area (Å²) in [5.41, 5.74) is 3.99. The molecule has 0 spiro atoms. The first kappa shape index (κ1) is 12.1. The smallest absolute Gasteiger partial charge is 0.125 e. The first-order valence-electron chi connectivity index (χ1n) is 7.89. The molecule has 2 aliphatic rings. The van der Waals surface area contributed by atoms with Gasteiger partial charge in [-0.15, -0.1) is 0 Å². The van der Waals surface area contributed by atoms with Crippen LogP contribution in [0.4, 0.5) is 5.69 Å². The lowest BCUT2D eigenvalue weighted by Gasteiger charge is -2.39. The van der Waals surface area contributed by atoms with Gasteiger partial charge in [0.05, 0.1) is 12.6 Å². The predicted molar refractivity (Wildman–Crippen MR) is 89.4 cm³/mol. The summed E-state index contributed by atoms with van der Waals surface area (Å²) in [4.78, 5) is 0. The fourth-order valence-corrected chi connectivity index (χ4v) is 3.91. The molecule has 0 saturated heterocycles. The Morgan fingerprint density at radius 2 is 1.77 bits per heavy atom. The zero-order chi connectivity index (χ0) is 14.5. The molecule has 2 unspecified atom stereocenters. The van der Waals surface area contributed by atoms with Crippen molar-refractivity contribution >= 4 is 16.5 Å². The first-order chi connectivity index (χ1) is 10.9. The van der Waals surface area contributed by atoms with E-state index in [1.54, 1.807) is 0 Å². The lowest BCUT2D eigenvalue weighted by molar-refractivity contribution is 0.199. The summed E-state index contributed by atoms with van der Waals surface area (Å²) < 4.78 is 6.08. The monoisotopic (exact) mass is 287 g/mol. The van der Waals surface area contributed by atoms with Crippen LogP contribution in [-0.2, 0) is 6.42 Å². The van der Waals surface area contributed by atoms with Crippen LogP contribution < -0.4 is 10.1 Å². The molecule has 2 nitrogen and oxygen atoms in total. The van der Waals surface area contributed by atoms with Crippen molar-refractivity contribution in [1.29, 1.82) is 0 Å². The van der Waals surface area contributed by atoms with Gasteiger partial charge in [-0.25, -0.2) is 0 Å². The summed E-state index contributed by atoms with van der Waals surface area (Å²) >= 11 is 0. The standard InChI is InChI=1S/C20H17NO/c1-3-7-16-13(5-1)9-10-18-19(16)20-15(12-22-18)11-14-6-2-4-8-17(14)21-20/h1-10,15,20-21H,11-12H2. The molecule has 0 bridgehead atoms. The normalized spacial score (nSPS) is 22.0. The number of hydrogen-bond acceptors (Lipinski definition) is 2. The van der Waals surface area contributed by atoms with Gasteiger partial charge in [-0.1, -0.05) is 48.5 Å². The summed E-state index contributed by atoms with van der Waals surface area (Å²) in [7, 11) is 0. The van der Waals surface area contributed by atoms with E-state index in [0.29, 0.717) is 12.0 Å². The third kappa shape index (κ3) is 1.67. The van der Waals surface area contributed by atoms with Crippen LogP contribution in [0, 0.1) is 5.92 Å². The van der Waals surface area contributed by atoms with Crippen molar-refractivity contribution in [2.75, 3.05) is 11.9 Å². The molecular formula is C20H17NO. The zero-order valence-corrected chi connectivity index (χ0v) is 12.3. The third-order valence-corrected chi connectivity index (χ3v) is 4.98. The quantitative estimate of drug-likeness (QED) is 0.654. The molecule has 2 heteroatoms. The highest BCUT2D eigenvalue weighted by Crippen LogP contribution is 2.46. The highest BCUT2D eigenvalue weighted by molar-refractivity contribution is 5.89. The van der Waals surface area contributed by atoms with E-state index in [1.165, 1.54) is 27.6 Å². The van der Waals surface area contributed by atoms with E-state index in [9.17, 15) is 0 Å². The van der Waals surface area contributed by atoms with E-state index < -0.39 is 0 Å². The summed E-state index contributed by atoms with van der Waals surface area (Å²) in [5.74, 6) is 1.53. The van der Waals surface area contributed by atoms with Crippen molar-refractivity contribution in [3.63, 3.8) is 0 Å². The lowest BCUT2D eigenvalue weighted by Crippen LogP contribution is -2.35. The summed E-state index contributed by atoms with van der Waals surface area (Å²) in [6.07, 6.45) is 1.08. The summed E-state index contributed by atoms with van der Waals surface area (Å²) in [5, 5.41) is 6.36. The molecule has 2 aliphatic heterocycles. The van der Waals surface area contributed by atoms with Crippen molar-refractivity contribution in [2.45, 2.75) is 12.5 Å². The Labute approximate surface area is 129 Å². The second-order valence-corrected chi connectivity index (χ2v) is 6.25. The number of anilines is 1. The molecule has 0 fully saturated rings. The van der Waals surface area contributed by atoms with E-state index >= 15 is 0 Å². The minimum Gasteiger partial charge on any atom is -0.493 e. The van der Waals surface area contributed by atoms with Crippen molar-refractivity contribution < 1.29 is 4.74 Å². The molecule has 3 aromatic carbocycles. The topological polar surface area (TPSA) is 21.3 Å². The van der Waals surface area contributed by atoms with Gasteiger partial charge in [0, 0.05) is 17.2 Å². The Morgan fingerprint density at radius 3 is 2.77 bits per heavy atom. The van der Waals surface area contributed by atoms with E-state index in [4.69, 9.17) is 4.74 Å². The molecule has 0 radical (unpaired) electrons. The average Bonchev–Trinajstić information content (AvgIpc) is 2.59. The molecule has 1 N–H and O–H groups in total. The molecule has 0 aromatic heterocycles. The first-order valence-corrected chi connectivity index (χ1v) is 7.89. The molecule has 0 aliphatic carbocycles. The Morgan fingerprint density at radius 1 is 0.909 bits per heavy atom. The van der Waals surface area contributed by atoms with Crippen molar-refractivity contribution in [1.82, 2.24) is 0 Å². The minimum atomic E-state index is 0.338.